The maximum atomic E-state index is 12.8. The van der Waals surface area contributed by atoms with Gasteiger partial charge in [0.1, 0.15) is 0 Å². The quantitative estimate of drug-likeness (QED) is 0.598. The van der Waals surface area contributed by atoms with Crippen LogP contribution >= 0.6 is 0 Å². The molecule has 29 heavy (non-hydrogen) atoms. The molecule has 2 aliphatic rings. The number of fused-ring (bicyclic) bond motifs is 2. The second-order valence-corrected chi connectivity index (χ2v) is 7.19. The van der Waals surface area contributed by atoms with Crippen molar-refractivity contribution >= 4 is 17.5 Å². The number of amides is 2. The Hall–Kier alpha value is -3.06. The largest absolute Gasteiger partial charge is 0.490 e. The van der Waals surface area contributed by atoms with Crippen LogP contribution in [0, 0.1) is 0 Å². The second-order valence-electron chi connectivity index (χ2n) is 7.19. The predicted octanol–water partition coefficient (Wildman–Crippen LogP) is 2.68. The van der Waals surface area contributed by atoms with Gasteiger partial charge < -0.3 is 15.2 Å². The summed E-state index contributed by atoms with van der Waals surface area (Å²) in [7, 11) is 0. The van der Waals surface area contributed by atoms with Crippen molar-refractivity contribution in [3.05, 3.63) is 52.6 Å². The lowest BCUT2D eigenvalue weighted by atomic mass is 9.99. The molecule has 7 nitrogen and oxygen atoms in total. The highest BCUT2D eigenvalue weighted by Crippen LogP contribution is 2.34. The number of benzene rings is 2. The van der Waals surface area contributed by atoms with Crippen molar-refractivity contribution < 1.29 is 19.1 Å². The van der Waals surface area contributed by atoms with E-state index in [1.165, 1.54) is 10.5 Å². The number of hydrogen-bond donors (Lipinski definition) is 1. The van der Waals surface area contributed by atoms with Gasteiger partial charge in [-0.25, -0.2) is 0 Å². The third-order valence-corrected chi connectivity index (χ3v) is 5.33. The smallest absolute Gasteiger partial charge is 0.264 e. The monoisotopic (exact) mass is 395 g/mol. The van der Waals surface area contributed by atoms with E-state index in [4.69, 9.17) is 15.2 Å². The Morgan fingerprint density at radius 3 is 2.34 bits per heavy atom. The number of nitrogens with two attached hydrogens (primary N) is 1. The highest BCUT2D eigenvalue weighted by molar-refractivity contribution is 6.23. The minimum Gasteiger partial charge on any atom is -0.490 e. The maximum absolute atomic E-state index is 12.8. The number of carbonyl (C=O) groups excluding carboxylic acids is 2. The molecule has 0 aromatic heterocycles. The van der Waals surface area contributed by atoms with Crippen molar-refractivity contribution in [2.45, 2.75) is 26.8 Å². The SMILES string of the molecule is CCOc1cc2c(cc1OCC)CN(CN1C(=O)c3cccc(N)c3C1=O)CC2. The molecule has 2 aromatic rings. The van der Waals surface area contributed by atoms with Crippen molar-refractivity contribution in [3.8, 4) is 11.5 Å². The molecule has 152 valence electrons. The van der Waals surface area contributed by atoms with Crippen LogP contribution in [-0.2, 0) is 13.0 Å². The molecule has 0 saturated heterocycles. The van der Waals surface area contributed by atoms with Gasteiger partial charge >= 0.3 is 0 Å². The number of rotatable bonds is 6. The molecular weight excluding hydrogens is 370 g/mol. The molecule has 0 saturated carbocycles. The summed E-state index contributed by atoms with van der Waals surface area (Å²) in [5, 5.41) is 0. The van der Waals surface area contributed by atoms with Crippen molar-refractivity contribution in [1.82, 2.24) is 9.80 Å². The van der Waals surface area contributed by atoms with Gasteiger partial charge in [-0.1, -0.05) is 6.07 Å². The standard InChI is InChI=1S/C22H25N3O4/c1-3-28-18-10-14-8-9-24(12-15(14)11-19(18)29-4-2)13-25-21(26)16-6-5-7-17(23)20(16)22(25)27/h5-7,10-11H,3-4,8-9,12-13,23H2,1-2H3. The molecule has 0 unspecified atom stereocenters. The molecule has 2 N–H and O–H groups in total. The average molecular weight is 395 g/mol. The van der Waals surface area contributed by atoms with Crippen LogP contribution in [-0.4, -0.2) is 48.0 Å². The van der Waals surface area contributed by atoms with Gasteiger partial charge in [0.2, 0.25) is 0 Å². The molecule has 0 spiro atoms. The molecule has 0 fully saturated rings. The van der Waals surface area contributed by atoms with Gasteiger partial charge in [-0.3, -0.25) is 19.4 Å². The maximum Gasteiger partial charge on any atom is 0.264 e. The van der Waals surface area contributed by atoms with Gasteiger partial charge in [0.05, 0.1) is 31.0 Å². The van der Waals surface area contributed by atoms with Crippen molar-refractivity contribution in [2.75, 3.05) is 32.2 Å². The van der Waals surface area contributed by atoms with Crippen molar-refractivity contribution in [3.63, 3.8) is 0 Å². The van der Waals surface area contributed by atoms with E-state index in [9.17, 15) is 9.59 Å². The van der Waals surface area contributed by atoms with Gasteiger partial charge in [0.25, 0.3) is 11.8 Å². The lowest BCUT2D eigenvalue weighted by molar-refractivity contribution is 0.0526. The number of carbonyl (C=O) groups is 2. The number of nitrogens with zero attached hydrogens (tertiary/aromatic N) is 2. The van der Waals surface area contributed by atoms with Crippen LogP contribution in [0.5, 0.6) is 11.5 Å². The summed E-state index contributed by atoms with van der Waals surface area (Å²) in [6, 6.07) is 9.06. The molecule has 7 heteroatoms. The Labute approximate surface area is 170 Å². The van der Waals surface area contributed by atoms with E-state index in [0.717, 1.165) is 30.0 Å². The molecule has 2 heterocycles. The van der Waals surface area contributed by atoms with Crippen LogP contribution in [0.4, 0.5) is 5.69 Å². The average Bonchev–Trinajstić information content (AvgIpc) is 2.95. The first-order chi connectivity index (χ1) is 14.0. The summed E-state index contributed by atoms with van der Waals surface area (Å²) < 4.78 is 11.5. The van der Waals surface area contributed by atoms with E-state index < -0.39 is 0 Å². The minimum absolute atomic E-state index is 0.238. The van der Waals surface area contributed by atoms with E-state index in [2.05, 4.69) is 4.90 Å². The molecule has 4 rings (SSSR count). The molecule has 2 amide bonds. The second kappa shape index (κ2) is 7.75. The van der Waals surface area contributed by atoms with Gasteiger partial charge in [0.15, 0.2) is 11.5 Å². The first-order valence-electron chi connectivity index (χ1n) is 9.91. The van der Waals surface area contributed by atoms with Gasteiger partial charge in [-0.05, 0) is 55.7 Å². The van der Waals surface area contributed by atoms with Crippen LogP contribution in [0.1, 0.15) is 45.7 Å². The van der Waals surface area contributed by atoms with E-state index in [-0.39, 0.29) is 18.5 Å². The number of nitrogen functional groups attached to an aromatic ring is 1. The highest BCUT2D eigenvalue weighted by Gasteiger charge is 2.38. The predicted molar refractivity (Wildman–Crippen MR) is 109 cm³/mol. The van der Waals surface area contributed by atoms with Crippen LogP contribution in [0.3, 0.4) is 0 Å². The molecule has 2 aliphatic heterocycles. The zero-order chi connectivity index (χ0) is 20.5. The summed E-state index contributed by atoms with van der Waals surface area (Å²) >= 11 is 0. The highest BCUT2D eigenvalue weighted by atomic mass is 16.5. The molecule has 0 atom stereocenters. The topological polar surface area (TPSA) is 85.1 Å². The van der Waals surface area contributed by atoms with Gasteiger partial charge in [-0.2, -0.15) is 0 Å². The van der Waals surface area contributed by atoms with Crippen LogP contribution in [0.15, 0.2) is 30.3 Å². The van der Waals surface area contributed by atoms with Crippen LogP contribution < -0.4 is 15.2 Å². The zero-order valence-corrected chi connectivity index (χ0v) is 16.7. The Balaban J connectivity index is 1.54. The summed E-state index contributed by atoms with van der Waals surface area (Å²) in [6.07, 6.45) is 0.813. The fraction of sp³-hybridized carbons (Fsp3) is 0.364. The molecular formula is C22H25N3O4. The molecule has 0 bridgehead atoms. The van der Waals surface area contributed by atoms with E-state index in [0.29, 0.717) is 36.6 Å². The summed E-state index contributed by atoms with van der Waals surface area (Å²) in [5.74, 6) is 0.876. The number of imide groups is 1. The number of ether oxygens (including phenoxy) is 2. The minimum atomic E-state index is -0.324. The van der Waals surface area contributed by atoms with Gasteiger partial charge in [-0.15, -0.1) is 0 Å². The number of hydrogen-bond acceptors (Lipinski definition) is 6. The van der Waals surface area contributed by atoms with Crippen LogP contribution in [0.2, 0.25) is 0 Å². The Bertz CT molecular complexity index is 973. The molecule has 0 radical (unpaired) electrons. The summed E-state index contributed by atoms with van der Waals surface area (Å²) in [5.41, 5.74) is 9.30. The first kappa shape index (κ1) is 19.3. The zero-order valence-electron chi connectivity index (χ0n) is 16.7. The van der Waals surface area contributed by atoms with Crippen molar-refractivity contribution in [1.29, 1.82) is 0 Å². The lowest BCUT2D eigenvalue weighted by Gasteiger charge is -2.32. The number of anilines is 1. The normalized spacial score (nSPS) is 16.0. The fourth-order valence-electron chi connectivity index (χ4n) is 3.97. The Morgan fingerprint density at radius 1 is 1.00 bits per heavy atom. The Morgan fingerprint density at radius 2 is 1.69 bits per heavy atom. The summed E-state index contributed by atoms with van der Waals surface area (Å²) in [4.78, 5) is 28.9. The van der Waals surface area contributed by atoms with E-state index >= 15 is 0 Å². The van der Waals surface area contributed by atoms with Crippen LogP contribution in [0.25, 0.3) is 0 Å². The van der Waals surface area contributed by atoms with E-state index in [1.54, 1.807) is 18.2 Å². The molecule has 2 aromatic carbocycles. The first-order valence-corrected chi connectivity index (χ1v) is 9.91. The fourth-order valence-corrected chi connectivity index (χ4v) is 3.97. The third kappa shape index (κ3) is 3.42. The van der Waals surface area contributed by atoms with E-state index in [1.807, 2.05) is 26.0 Å². The Kier molecular flexibility index (Phi) is 5.15. The summed E-state index contributed by atoms with van der Waals surface area (Å²) in [6.45, 7) is 6.64. The lowest BCUT2D eigenvalue weighted by Crippen LogP contribution is -2.43. The van der Waals surface area contributed by atoms with Gasteiger partial charge in [0, 0.05) is 18.8 Å². The van der Waals surface area contributed by atoms with Crippen molar-refractivity contribution in [2.24, 2.45) is 0 Å². The third-order valence-electron chi connectivity index (χ3n) is 5.33. The molecule has 0 aliphatic carbocycles.